The molecule has 0 aliphatic heterocycles. The number of halogens is 6. The van der Waals surface area contributed by atoms with Crippen LogP contribution in [-0.2, 0) is 20.2 Å². The van der Waals surface area contributed by atoms with Gasteiger partial charge in [-0.05, 0) is 48.5 Å². The van der Waals surface area contributed by atoms with Gasteiger partial charge in [-0.2, -0.15) is 16.8 Å². The van der Waals surface area contributed by atoms with Crippen LogP contribution in [0.4, 0.5) is 16.2 Å². The van der Waals surface area contributed by atoms with Crippen molar-refractivity contribution in [3.8, 4) is 23.0 Å². The lowest BCUT2D eigenvalue weighted by molar-refractivity contribution is 0.262. The van der Waals surface area contributed by atoms with Crippen molar-refractivity contribution in [1.82, 2.24) is 0 Å². The minimum atomic E-state index is -5.11. The molecule has 0 aromatic heterocycles. The summed E-state index contributed by atoms with van der Waals surface area (Å²) in [5.41, 5.74) is -1.35. The number of nitrogens with one attached hydrogen (secondary N) is 2. The van der Waals surface area contributed by atoms with E-state index in [2.05, 4.69) is 10.6 Å². The Labute approximate surface area is 280 Å². The molecule has 4 N–H and O–H groups in total. The van der Waals surface area contributed by atoms with Gasteiger partial charge in [-0.3, -0.25) is 9.11 Å². The second-order valence-corrected chi connectivity index (χ2v) is 13.5. The van der Waals surface area contributed by atoms with Gasteiger partial charge in [-0.25, -0.2) is 4.79 Å². The topological polar surface area (TPSA) is 168 Å². The minimum absolute atomic E-state index is 0.0345. The second kappa shape index (κ2) is 13.3. The summed E-state index contributed by atoms with van der Waals surface area (Å²) >= 11 is 36.0. The molecule has 44 heavy (non-hydrogen) atoms. The summed E-state index contributed by atoms with van der Waals surface area (Å²) in [6.07, 6.45) is 0. The summed E-state index contributed by atoms with van der Waals surface area (Å²) < 4.78 is 80.4. The molecule has 19 heteroatoms. The molecule has 4 aromatic rings. The lowest BCUT2D eigenvalue weighted by Gasteiger charge is -2.19. The lowest BCUT2D eigenvalue weighted by Crippen LogP contribution is -2.23. The van der Waals surface area contributed by atoms with Crippen molar-refractivity contribution < 1.29 is 40.2 Å². The summed E-state index contributed by atoms with van der Waals surface area (Å²) in [6.45, 7) is 0. The normalized spacial score (nSPS) is 11.6. The standard InChI is InChI=1S/C25H14Cl6N2O9S2/c26-13-3-1-11(9-17(13)30)41-19-7-5-15(28)23(43(35,36)37)21(19)32-25(34)33-22-20(8-6-16(29)24(22)44(38,39)40)42-12-2-4-14(27)18(31)10-12/h1-10H,(H2,32,33,34)(H,35,36,37)(H,38,39,40). The number of rotatable bonds is 8. The number of benzene rings is 4. The van der Waals surface area contributed by atoms with Crippen molar-refractivity contribution in [2.45, 2.75) is 9.79 Å². The fourth-order valence-electron chi connectivity index (χ4n) is 3.58. The summed E-state index contributed by atoms with van der Waals surface area (Å²) in [5.74, 6) is -0.646. The molecule has 0 aliphatic rings. The first kappa shape index (κ1) is 34.2. The van der Waals surface area contributed by atoms with Crippen LogP contribution in [0.1, 0.15) is 0 Å². The number of hydrogen-bond donors (Lipinski definition) is 4. The summed E-state index contributed by atoms with van der Waals surface area (Å²) in [5, 5.41) is 3.79. The molecule has 0 fully saturated rings. The van der Waals surface area contributed by atoms with Crippen molar-refractivity contribution in [3.63, 3.8) is 0 Å². The third kappa shape index (κ3) is 7.93. The first-order chi connectivity index (χ1) is 20.5. The molecule has 0 unspecified atom stereocenters. The monoisotopic (exact) mass is 760 g/mol. The van der Waals surface area contributed by atoms with Crippen molar-refractivity contribution in [2.75, 3.05) is 10.6 Å². The van der Waals surface area contributed by atoms with Gasteiger partial charge in [0, 0.05) is 12.1 Å². The minimum Gasteiger partial charge on any atom is -0.455 e. The van der Waals surface area contributed by atoms with Crippen molar-refractivity contribution in [2.24, 2.45) is 0 Å². The molecule has 0 spiro atoms. The predicted octanol–water partition coefficient (Wildman–Crippen LogP) is 9.33. The van der Waals surface area contributed by atoms with Crippen LogP contribution in [-0.4, -0.2) is 32.0 Å². The highest BCUT2D eigenvalue weighted by Crippen LogP contribution is 2.43. The number of anilines is 2. The second-order valence-electron chi connectivity index (χ2n) is 8.38. The Morgan fingerprint density at radius 1 is 0.545 bits per heavy atom. The fourth-order valence-corrected chi connectivity index (χ4v) is 6.51. The van der Waals surface area contributed by atoms with Crippen LogP contribution in [0, 0.1) is 0 Å². The molecule has 11 nitrogen and oxygen atoms in total. The molecule has 0 heterocycles. The Morgan fingerprint density at radius 3 is 1.20 bits per heavy atom. The predicted molar refractivity (Wildman–Crippen MR) is 168 cm³/mol. The largest absolute Gasteiger partial charge is 0.455 e. The van der Waals surface area contributed by atoms with E-state index in [9.17, 15) is 30.7 Å². The zero-order valence-electron chi connectivity index (χ0n) is 21.1. The Balaban J connectivity index is 1.80. The van der Waals surface area contributed by atoms with Gasteiger partial charge in [0.1, 0.15) is 32.7 Å². The summed E-state index contributed by atoms with van der Waals surface area (Å²) in [4.78, 5) is 11.4. The molecule has 0 bridgehead atoms. The zero-order valence-corrected chi connectivity index (χ0v) is 27.3. The maximum atomic E-state index is 13.3. The molecule has 0 saturated carbocycles. The van der Waals surface area contributed by atoms with E-state index in [1.807, 2.05) is 0 Å². The third-order valence-electron chi connectivity index (χ3n) is 5.37. The van der Waals surface area contributed by atoms with Crippen LogP contribution in [0.15, 0.2) is 70.5 Å². The molecule has 0 aliphatic carbocycles. The van der Waals surface area contributed by atoms with E-state index in [4.69, 9.17) is 79.1 Å². The number of carbonyl (C=O) groups excluding carboxylic acids is 1. The molecule has 0 atom stereocenters. The highest BCUT2D eigenvalue weighted by molar-refractivity contribution is 7.86. The van der Waals surface area contributed by atoms with Crippen LogP contribution < -0.4 is 20.1 Å². The van der Waals surface area contributed by atoms with E-state index in [1.165, 1.54) is 36.4 Å². The van der Waals surface area contributed by atoms with Gasteiger partial charge < -0.3 is 20.1 Å². The average molecular weight is 763 g/mol. The third-order valence-corrected chi connectivity index (χ3v) is 9.59. The molecular weight excluding hydrogens is 749 g/mol. The maximum absolute atomic E-state index is 13.3. The Morgan fingerprint density at radius 2 is 0.886 bits per heavy atom. The molecular formula is C25H14Cl6N2O9S2. The van der Waals surface area contributed by atoms with Gasteiger partial charge in [-0.15, -0.1) is 0 Å². The van der Waals surface area contributed by atoms with E-state index >= 15 is 0 Å². The van der Waals surface area contributed by atoms with Crippen molar-refractivity contribution >= 4 is 107 Å². The molecule has 4 rings (SSSR count). The molecule has 2 amide bonds. The summed E-state index contributed by atoms with van der Waals surface area (Å²) in [7, 11) is -10.2. The van der Waals surface area contributed by atoms with E-state index in [0.717, 1.165) is 24.3 Å². The van der Waals surface area contributed by atoms with Crippen LogP contribution >= 0.6 is 69.6 Å². The van der Waals surface area contributed by atoms with E-state index < -0.39 is 57.5 Å². The number of ether oxygens (including phenoxy) is 2. The van der Waals surface area contributed by atoms with Gasteiger partial charge in [0.2, 0.25) is 0 Å². The lowest BCUT2D eigenvalue weighted by atomic mass is 10.2. The number of amides is 2. The van der Waals surface area contributed by atoms with Crippen LogP contribution in [0.3, 0.4) is 0 Å². The first-order valence-electron chi connectivity index (χ1n) is 11.4. The molecule has 0 radical (unpaired) electrons. The Kier molecular flexibility index (Phi) is 10.4. The highest BCUT2D eigenvalue weighted by Gasteiger charge is 2.29. The Hall–Kier alpha value is -2.69. The first-order valence-corrected chi connectivity index (χ1v) is 16.5. The van der Waals surface area contributed by atoms with Gasteiger partial charge in [0.15, 0.2) is 11.5 Å². The van der Waals surface area contributed by atoms with Crippen LogP contribution in [0.2, 0.25) is 30.1 Å². The van der Waals surface area contributed by atoms with Crippen molar-refractivity contribution in [1.29, 1.82) is 0 Å². The van der Waals surface area contributed by atoms with Crippen molar-refractivity contribution in [3.05, 3.63) is 90.8 Å². The smallest absolute Gasteiger partial charge is 0.323 e. The van der Waals surface area contributed by atoms with Gasteiger partial charge in [0.05, 0.1) is 30.1 Å². The van der Waals surface area contributed by atoms with E-state index in [0.29, 0.717) is 0 Å². The average Bonchev–Trinajstić information content (AvgIpc) is 2.90. The van der Waals surface area contributed by atoms with Gasteiger partial charge in [0.25, 0.3) is 20.2 Å². The summed E-state index contributed by atoms with van der Waals surface area (Å²) in [6, 6.07) is 11.2. The number of urea groups is 1. The van der Waals surface area contributed by atoms with Gasteiger partial charge >= 0.3 is 6.03 Å². The van der Waals surface area contributed by atoms with E-state index in [1.54, 1.807) is 0 Å². The van der Waals surface area contributed by atoms with Gasteiger partial charge in [-0.1, -0.05) is 69.6 Å². The highest BCUT2D eigenvalue weighted by atomic mass is 35.5. The molecule has 0 saturated heterocycles. The molecule has 4 aromatic carbocycles. The zero-order chi connectivity index (χ0) is 32.6. The van der Waals surface area contributed by atoms with E-state index in [-0.39, 0.29) is 43.1 Å². The van der Waals surface area contributed by atoms with Crippen LogP contribution in [0.25, 0.3) is 0 Å². The Bertz CT molecular complexity index is 1880. The number of hydrogen-bond acceptors (Lipinski definition) is 7. The quantitative estimate of drug-likeness (QED) is 0.128. The SMILES string of the molecule is O=C(Nc1c(Oc2ccc(Cl)c(Cl)c2)ccc(Cl)c1S(=O)(=O)O)Nc1c(Oc2ccc(Cl)c(Cl)c2)ccc(Cl)c1S(=O)(=O)O. The molecule has 232 valence electrons. The fraction of sp³-hybridized carbons (Fsp3) is 0. The maximum Gasteiger partial charge on any atom is 0.323 e. The number of carbonyl (C=O) groups is 1. The van der Waals surface area contributed by atoms with Crippen LogP contribution in [0.5, 0.6) is 23.0 Å².